The minimum Gasteiger partial charge on any atom is -0.335 e. The van der Waals surface area contributed by atoms with E-state index in [9.17, 15) is 4.79 Å². The lowest BCUT2D eigenvalue weighted by Gasteiger charge is -2.32. The number of carbonyl (C=O) groups is 1. The molecule has 108 valence electrons. The summed E-state index contributed by atoms with van der Waals surface area (Å²) in [5.41, 5.74) is 2.90. The molecule has 1 amide bonds. The van der Waals surface area contributed by atoms with Crippen molar-refractivity contribution in [3.05, 3.63) is 40.2 Å². The molecule has 0 bridgehead atoms. The molecule has 1 aliphatic heterocycles. The van der Waals surface area contributed by atoms with Crippen molar-refractivity contribution in [3.8, 4) is 0 Å². The Kier molecular flexibility index (Phi) is 4.19. The largest absolute Gasteiger partial charge is 0.335 e. The van der Waals surface area contributed by atoms with Gasteiger partial charge in [0.1, 0.15) is 0 Å². The van der Waals surface area contributed by atoms with Crippen molar-refractivity contribution in [2.24, 2.45) is 5.41 Å². The van der Waals surface area contributed by atoms with Crippen molar-refractivity contribution in [1.29, 1.82) is 0 Å². The first-order valence-electron chi connectivity index (χ1n) is 6.90. The molecule has 0 fully saturated rings. The smallest absolute Gasteiger partial charge is 0.257 e. The van der Waals surface area contributed by atoms with Gasteiger partial charge >= 0.3 is 0 Å². The van der Waals surface area contributed by atoms with Crippen LogP contribution in [0.15, 0.2) is 23.9 Å². The molecule has 0 saturated carbocycles. The maximum atomic E-state index is 12.5. The highest BCUT2D eigenvalue weighted by Crippen LogP contribution is 2.30. The lowest BCUT2D eigenvalue weighted by atomic mass is 9.83. The summed E-state index contributed by atoms with van der Waals surface area (Å²) in [5, 5.41) is 0.480. The average Bonchev–Trinajstić information content (AvgIpc) is 2.37. The lowest BCUT2D eigenvalue weighted by Crippen LogP contribution is -2.36. The standard InChI is InChI=1S/C16H21ClN2O/c1-11-9-14(17)13(10-18-11)15(20)19-7-5-12(6-8-19)16(2,3)4/h5,9-10H,6-8H2,1-4H3. The molecule has 20 heavy (non-hydrogen) atoms. The van der Waals surface area contributed by atoms with E-state index in [1.807, 2.05) is 11.8 Å². The predicted molar refractivity (Wildman–Crippen MR) is 82.0 cm³/mol. The van der Waals surface area contributed by atoms with Gasteiger partial charge in [-0.2, -0.15) is 0 Å². The molecule has 0 saturated heterocycles. The van der Waals surface area contributed by atoms with E-state index in [0.29, 0.717) is 17.1 Å². The second-order valence-electron chi connectivity index (χ2n) is 6.29. The summed E-state index contributed by atoms with van der Waals surface area (Å²) in [6.45, 7) is 9.87. The summed E-state index contributed by atoms with van der Waals surface area (Å²) >= 11 is 6.14. The van der Waals surface area contributed by atoms with Crippen molar-refractivity contribution >= 4 is 17.5 Å². The molecule has 0 spiro atoms. The van der Waals surface area contributed by atoms with E-state index in [0.717, 1.165) is 18.7 Å². The lowest BCUT2D eigenvalue weighted by molar-refractivity contribution is 0.0764. The highest BCUT2D eigenvalue weighted by atomic mass is 35.5. The quantitative estimate of drug-likeness (QED) is 0.736. The Hall–Kier alpha value is -1.35. The molecule has 0 aromatic carbocycles. The Morgan fingerprint density at radius 3 is 2.60 bits per heavy atom. The Morgan fingerprint density at radius 1 is 1.40 bits per heavy atom. The zero-order valence-corrected chi connectivity index (χ0v) is 13.3. The summed E-state index contributed by atoms with van der Waals surface area (Å²) in [4.78, 5) is 18.4. The Labute approximate surface area is 125 Å². The number of carbonyl (C=O) groups excluding carboxylic acids is 1. The average molecular weight is 293 g/mol. The molecule has 0 radical (unpaired) electrons. The fourth-order valence-corrected chi connectivity index (χ4v) is 2.68. The molecule has 4 heteroatoms. The van der Waals surface area contributed by atoms with Gasteiger partial charge in [0.15, 0.2) is 0 Å². The molecule has 1 aromatic heterocycles. The number of amides is 1. The fraction of sp³-hybridized carbons (Fsp3) is 0.500. The van der Waals surface area contributed by atoms with Gasteiger partial charge in [0.25, 0.3) is 5.91 Å². The zero-order valence-electron chi connectivity index (χ0n) is 12.5. The van der Waals surface area contributed by atoms with E-state index in [2.05, 4.69) is 31.8 Å². The number of hydrogen-bond donors (Lipinski definition) is 0. The van der Waals surface area contributed by atoms with Crippen molar-refractivity contribution in [2.45, 2.75) is 34.1 Å². The van der Waals surface area contributed by atoms with Crippen LogP contribution in [0, 0.1) is 12.3 Å². The van der Waals surface area contributed by atoms with Crippen LogP contribution in [0.5, 0.6) is 0 Å². The summed E-state index contributed by atoms with van der Waals surface area (Å²) in [6, 6.07) is 1.73. The topological polar surface area (TPSA) is 33.2 Å². The third-order valence-corrected chi connectivity index (χ3v) is 3.99. The van der Waals surface area contributed by atoms with E-state index in [1.165, 1.54) is 5.57 Å². The van der Waals surface area contributed by atoms with E-state index < -0.39 is 0 Å². The first-order chi connectivity index (χ1) is 9.29. The van der Waals surface area contributed by atoms with Crippen molar-refractivity contribution in [3.63, 3.8) is 0 Å². The van der Waals surface area contributed by atoms with Crippen molar-refractivity contribution in [2.75, 3.05) is 13.1 Å². The predicted octanol–water partition coefficient (Wildman–Crippen LogP) is 3.86. The third-order valence-electron chi connectivity index (χ3n) is 3.68. The highest BCUT2D eigenvalue weighted by Gasteiger charge is 2.25. The monoisotopic (exact) mass is 292 g/mol. The fourth-order valence-electron chi connectivity index (χ4n) is 2.39. The number of aromatic nitrogens is 1. The molecule has 0 atom stereocenters. The van der Waals surface area contributed by atoms with Gasteiger partial charge in [-0.05, 0) is 24.8 Å². The summed E-state index contributed by atoms with van der Waals surface area (Å²) in [7, 11) is 0. The van der Waals surface area contributed by atoms with Gasteiger partial charge in [0.2, 0.25) is 0 Å². The van der Waals surface area contributed by atoms with Gasteiger partial charge in [-0.1, -0.05) is 44.0 Å². The van der Waals surface area contributed by atoms with Gasteiger partial charge in [-0.25, -0.2) is 0 Å². The van der Waals surface area contributed by atoms with Gasteiger partial charge in [-0.3, -0.25) is 9.78 Å². The van der Waals surface area contributed by atoms with Crippen LogP contribution in [-0.2, 0) is 0 Å². The molecule has 2 heterocycles. The SMILES string of the molecule is Cc1cc(Cl)c(C(=O)N2CC=C(C(C)(C)C)CC2)cn1. The van der Waals surface area contributed by atoms with E-state index >= 15 is 0 Å². The number of aryl methyl sites for hydroxylation is 1. The van der Waals surface area contributed by atoms with Crippen LogP contribution < -0.4 is 0 Å². The first kappa shape index (κ1) is 15.0. The molecule has 0 N–H and O–H groups in total. The molecule has 1 aliphatic rings. The minimum absolute atomic E-state index is 0.0355. The van der Waals surface area contributed by atoms with Crippen LogP contribution in [-0.4, -0.2) is 28.9 Å². The second-order valence-corrected chi connectivity index (χ2v) is 6.69. The molecular formula is C16H21ClN2O. The highest BCUT2D eigenvalue weighted by molar-refractivity contribution is 6.33. The first-order valence-corrected chi connectivity index (χ1v) is 7.28. The number of halogens is 1. The molecule has 0 aliphatic carbocycles. The normalized spacial score (nSPS) is 16.1. The Morgan fingerprint density at radius 2 is 2.10 bits per heavy atom. The number of hydrogen-bond acceptors (Lipinski definition) is 2. The summed E-state index contributed by atoms with van der Waals surface area (Å²) in [6.07, 6.45) is 4.66. The van der Waals surface area contributed by atoms with Gasteiger partial charge in [-0.15, -0.1) is 0 Å². The number of pyridine rings is 1. The Bertz CT molecular complexity index is 558. The number of rotatable bonds is 1. The maximum absolute atomic E-state index is 12.5. The minimum atomic E-state index is -0.0355. The van der Waals surface area contributed by atoms with Gasteiger partial charge in [0, 0.05) is 25.0 Å². The van der Waals surface area contributed by atoms with Crippen LogP contribution >= 0.6 is 11.6 Å². The van der Waals surface area contributed by atoms with Crippen molar-refractivity contribution < 1.29 is 4.79 Å². The van der Waals surface area contributed by atoms with Gasteiger partial charge < -0.3 is 4.90 Å². The Balaban J connectivity index is 2.14. The maximum Gasteiger partial charge on any atom is 0.257 e. The van der Waals surface area contributed by atoms with Crippen LogP contribution in [0.4, 0.5) is 0 Å². The molecule has 3 nitrogen and oxygen atoms in total. The molecule has 1 aromatic rings. The van der Waals surface area contributed by atoms with E-state index in [1.54, 1.807) is 12.3 Å². The zero-order chi connectivity index (χ0) is 14.9. The van der Waals surface area contributed by atoms with Crippen LogP contribution in [0.3, 0.4) is 0 Å². The second kappa shape index (κ2) is 5.57. The summed E-state index contributed by atoms with van der Waals surface area (Å²) in [5.74, 6) is -0.0355. The van der Waals surface area contributed by atoms with Crippen molar-refractivity contribution in [1.82, 2.24) is 9.88 Å². The number of nitrogens with zero attached hydrogens (tertiary/aromatic N) is 2. The van der Waals surface area contributed by atoms with Gasteiger partial charge in [0.05, 0.1) is 10.6 Å². The van der Waals surface area contributed by atoms with Crippen LogP contribution in [0.1, 0.15) is 43.2 Å². The van der Waals surface area contributed by atoms with Crippen LogP contribution in [0.2, 0.25) is 5.02 Å². The van der Waals surface area contributed by atoms with E-state index in [4.69, 9.17) is 11.6 Å². The summed E-state index contributed by atoms with van der Waals surface area (Å²) < 4.78 is 0. The van der Waals surface area contributed by atoms with E-state index in [-0.39, 0.29) is 11.3 Å². The molecule has 2 rings (SSSR count). The molecular weight excluding hydrogens is 272 g/mol. The third kappa shape index (κ3) is 3.21. The van der Waals surface area contributed by atoms with Crippen LogP contribution in [0.25, 0.3) is 0 Å². The molecule has 0 unspecified atom stereocenters.